The lowest BCUT2D eigenvalue weighted by atomic mass is 10.00. The van der Waals surface area contributed by atoms with Gasteiger partial charge < -0.3 is 10.7 Å². The van der Waals surface area contributed by atoms with Gasteiger partial charge in [-0.05, 0) is 49.6 Å². The summed E-state index contributed by atoms with van der Waals surface area (Å²) < 4.78 is 1.29. The SMILES string of the molecule is NCCCCc1c(-c2csc3ccccc23)[nH]c2cc(Cl)cc(Cl)c12. The Kier molecular flexibility index (Phi) is 4.74. The van der Waals surface area contributed by atoms with Crippen molar-refractivity contribution in [2.45, 2.75) is 19.3 Å². The van der Waals surface area contributed by atoms with Crippen molar-refractivity contribution in [3.05, 3.63) is 57.4 Å². The standard InChI is InChI=1S/C20H18Cl2N2S/c21-12-9-16(22)19-14(6-3-4-8-23)20(24-17(19)10-12)15-11-25-18-7-2-1-5-13(15)18/h1-2,5,7,9-11,24H,3-4,6,8,23H2. The second-order valence-corrected chi connectivity index (χ2v) is 7.93. The van der Waals surface area contributed by atoms with Gasteiger partial charge in [-0.2, -0.15) is 0 Å². The van der Waals surface area contributed by atoms with E-state index < -0.39 is 0 Å². The van der Waals surface area contributed by atoms with Gasteiger partial charge in [-0.25, -0.2) is 0 Å². The maximum atomic E-state index is 6.55. The van der Waals surface area contributed by atoms with E-state index in [1.54, 1.807) is 11.3 Å². The minimum Gasteiger partial charge on any atom is -0.354 e. The van der Waals surface area contributed by atoms with Crippen LogP contribution in [0.2, 0.25) is 10.0 Å². The number of hydrogen-bond donors (Lipinski definition) is 2. The van der Waals surface area contributed by atoms with Crippen LogP contribution in [0.15, 0.2) is 41.8 Å². The first kappa shape index (κ1) is 16.9. The number of aromatic nitrogens is 1. The molecule has 0 aliphatic heterocycles. The lowest BCUT2D eigenvalue weighted by molar-refractivity contribution is 0.748. The molecule has 128 valence electrons. The predicted octanol–water partition coefficient (Wildman–Crippen LogP) is 6.64. The Bertz CT molecular complexity index is 1050. The van der Waals surface area contributed by atoms with Crippen LogP contribution in [-0.4, -0.2) is 11.5 Å². The smallest absolute Gasteiger partial charge is 0.0517 e. The Hall–Kier alpha value is -1.52. The van der Waals surface area contributed by atoms with E-state index in [9.17, 15) is 0 Å². The minimum absolute atomic E-state index is 0.647. The normalized spacial score (nSPS) is 11.6. The van der Waals surface area contributed by atoms with Crippen LogP contribution in [0.5, 0.6) is 0 Å². The number of unbranched alkanes of at least 4 members (excludes halogenated alkanes) is 1. The molecule has 0 spiro atoms. The molecule has 0 aliphatic carbocycles. The molecule has 0 saturated heterocycles. The molecule has 2 aromatic carbocycles. The minimum atomic E-state index is 0.647. The second-order valence-electron chi connectivity index (χ2n) is 6.18. The lowest BCUT2D eigenvalue weighted by Gasteiger charge is -2.05. The number of nitrogens with one attached hydrogen (secondary N) is 1. The first-order valence-corrected chi connectivity index (χ1v) is 9.99. The van der Waals surface area contributed by atoms with Crippen LogP contribution in [0.25, 0.3) is 32.2 Å². The summed E-state index contributed by atoms with van der Waals surface area (Å²) in [5.74, 6) is 0. The van der Waals surface area contributed by atoms with Crippen LogP contribution >= 0.6 is 34.5 Å². The van der Waals surface area contributed by atoms with Gasteiger partial charge in [0.1, 0.15) is 0 Å². The molecular formula is C20H18Cl2N2S. The van der Waals surface area contributed by atoms with Gasteiger partial charge in [0.25, 0.3) is 0 Å². The van der Waals surface area contributed by atoms with Crippen LogP contribution < -0.4 is 5.73 Å². The highest BCUT2D eigenvalue weighted by Crippen LogP contribution is 2.41. The quantitative estimate of drug-likeness (QED) is 0.369. The number of benzene rings is 2. The van der Waals surface area contributed by atoms with E-state index in [0.29, 0.717) is 16.6 Å². The Labute approximate surface area is 160 Å². The second kappa shape index (κ2) is 7.00. The van der Waals surface area contributed by atoms with Crippen molar-refractivity contribution in [1.29, 1.82) is 0 Å². The molecule has 0 unspecified atom stereocenters. The molecule has 2 nitrogen and oxygen atoms in total. The average Bonchev–Trinajstić information content (AvgIpc) is 3.16. The van der Waals surface area contributed by atoms with Crippen LogP contribution in [0.4, 0.5) is 0 Å². The zero-order valence-electron chi connectivity index (χ0n) is 13.6. The molecule has 4 aromatic rings. The van der Waals surface area contributed by atoms with Gasteiger partial charge >= 0.3 is 0 Å². The van der Waals surface area contributed by atoms with Crippen molar-refractivity contribution in [3.8, 4) is 11.3 Å². The Balaban J connectivity index is 1.95. The Morgan fingerprint density at radius 1 is 1.08 bits per heavy atom. The van der Waals surface area contributed by atoms with E-state index in [0.717, 1.165) is 35.9 Å². The van der Waals surface area contributed by atoms with Gasteiger partial charge in [-0.15, -0.1) is 11.3 Å². The molecule has 0 saturated carbocycles. The van der Waals surface area contributed by atoms with Crippen LogP contribution in [0.1, 0.15) is 18.4 Å². The van der Waals surface area contributed by atoms with E-state index >= 15 is 0 Å². The molecule has 0 aliphatic rings. The van der Waals surface area contributed by atoms with Crippen molar-refractivity contribution in [2.75, 3.05) is 6.54 Å². The summed E-state index contributed by atoms with van der Waals surface area (Å²) in [4.78, 5) is 3.57. The number of fused-ring (bicyclic) bond motifs is 2. The largest absolute Gasteiger partial charge is 0.354 e. The van der Waals surface area contributed by atoms with Gasteiger partial charge in [0.05, 0.1) is 10.7 Å². The molecule has 2 aromatic heterocycles. The van der Waals surface area contributed by atoms with Crippen molar-refractivity contribution in [1.82, 2.24) is 4.98 Å². The molecular weight excluding hydrogens is 371 g/mol. The fourth-order valence-corrected chi connectivity index (χ4v) is 4.97. The molecule has 0 atom stereocenters. The number of aryl methyl sites for hydroxylation is 1. The van der Waals surface area contributed by atoms with Crippen LogP contribution in [0, 0.1) is 0 Å². The first-order chi connectivity index (χ1) is 12.2. The molecule has 2 heterocycles. The van der Waals surface area contributed by atoms with Crippen LogP contribution in [0.3, 0.4) is 0 Å². The van der Waals surface area contributed by atoms with Gasteiger partial charge in [-0.3, -0.25) is 0 Å². The molecule has 5 heteroatoms. The van der Waals surface area contributed by atoms with Gasteiger partial charge in [-0.1, -0.05) is 41.4 Å². The zero-order chi connectivity index (χ0) is 17.4. The third-order valence-electron chi connectivity index (χ3n) is 4.55. The van der Waals surface area contributed by atoms with Crippen molar-refractivity contribution < 1.29 is 0 Å². The summed E-state index contributed by atoms with van der Waals surface area (Å²) in [6.07, 6.45) is 2.98. The lowest BCUT2D eigenvalue weighted by Crippen LogP contribution is -1.99. The van der Waals surface area contributed by atoms with E-state index in [4.69, 9.17) is 28.9 Å². The Morgan fingerprint density at radius 2 is 1.92 bits per heavy atom. The number of hydrogen-bond acceptors (Lipinski definition) is 2. The fraction of sp³-hybridized carbons (Fsp3) is 0.200. The molecule has 25 heavy (non-hydrogen) atoms. The highest BCUT2D eigenvalue weighted by Gasteiger charge is 2.18. The monoisotopic (exact) mass is 388 g/mol. The van der Waals surface area contributed by atoms with Crippen LogP contribution in [-0.2, 0) is 6.42 Å². The highest BCUT2D eigenvalue weighted by molar-refractivity contribution is 7.17. The van der Waals surface area contributed by atoms with E-state index in [2.05, 4.69) is 34.6 Å². The molecule has 4 rings (SSSR count). The zero-order valence-corrected chi connectivity index (χ0v) is 15.9. The molecule has 0 bridgehead atoms. The number of nitrogens with two attached hydrogens (primary N) is 1. The van der Waals surface area contributed by atoms with Crippen molar-refractivity contribution in [3.63, 3.8) is 0 Å². The summed E-state index contributed by atoms with van der Waals surface area (Å²) in [5, 5.41) is 5.91. The summed E-state index contributed by atoms with van der Waals surface area (Å²) in [6.45, 7) is 0.707. The Morgan fingerprint density at radius 3 is 2.76 bits per heavy atom. The molecule has 0 amide bonds. The van der Waals surface area contributed by atoms with Gasteiger partial charge in [0, 0.05) is 37.0 Å². The van der Waals surface area contributed by atoms with Crippen molar-refractivity contribution >= 4 is 55.5 Å². The number of aromatic amines is 1. The summed E-state index contributed by atoms with van der Waals surface area (Å²) in [7, 11) is 0. The molecule has 3 N–H and O–H groups in total. The van der Waals surface area contributed by atoms with Crippen molar-refractivity contribution in [2.24, 2.45) is 5.73 Å². The molecule has 0 radical (unpaired) electrons. The number of thiophene rings is 1. The number of halogens is 2. The summed E-state index contributed by atoms with van der Waals surface area (Å²) >= 11 is 14.5. The average molecular weight is 389 g/mol. The van der Waals surface area contributed by atoms with Gasteiger partial charge in [0.15, 0.2) is 0 Å². The third-order valence-corrected chi connectivity index (χ3v) is 6.03. The topological polar surface area (TPSA) is 41.8 Å². The van der Waals surface area contributed by atoms with E-state index in [1.165, 1.54) is 21.2 Å². The predicted molar refractivity (Wildman–Crippen MR) is 111 cm³/mol. The van der Waals surface area contributed by atoms with E-state index in [1.807, 2.05) is 12.1 Å². The number of H-pyrrole nitrogens is 1. The molecule has 0 fully saturated rings. The third kappa shape index (κ3) is 3.06. The van der Waals surface area contributed by atoms with E-state index in [-0.39, 0.29) is 0 Å². The summed E-state index contributed by atoms with van der Waals surface area (Å²) in [6, 6.07) is 12.3. The first-order valence-electron chi connectivity index (χ1n) is 8.35. The maximum Gasteiger partial charge on any atom is 0.0517 e. The fourth-order valence-electron chi connectivity index (χ4n) is 3.41. The highest BCUT2D eigenvalue weighted by atomic mass is 35.5. The number of rotatable bonds is 5. The summed E-state index contributed by atoms with van der Waals surface area (Å²) in [5.41, 5.74) is 10.3. The van der Waals surface area contributed by atoms with Gasteiger partial charge in [0.2, 0.25) is 0 Å². The maximum absolute atomic E-state index is 6.55.